The third kappa shape index (κ3) is 9.84. The van der Waals surface area contributed by atoms with E-state index in [2.05, 4.69) is 20.9 Å². The van der Waals surface area contributed by atoms with Gasteiger partial charge in [-0.15, -0.1) is 0 Å². The molecular formula is C20H34N4O3. The molecule has 27 heavy (non-hydrogen) atoms. The molecule has 0 aliphatic rings. The zero-order chi connectivity index (χ0) is 20.1. The summed E-state index contributed by atoms with van der Waals surface area (Å²) in [5, 5.41) is 19.5. The second-order valence-corrected chi connectivity index (χ2v) is 6.50. The van der Waals surface area contributed by atoms with Gasteiger partial charge in [0.2, 0.25) is 5.91 Å². The van der Waals surface area contributed by atoms with Crippen molar-refractivity contribution in [3.05, 3.63) is 29.8 Å². The third-order valence-electron chi connectivity index (χ3n) is 3.60. The number of amides is 1. The molecular weight excluding hydrogens is 344 g/mol. The Morgan fingerprint density at radius 2 is 1.96 bits per heavy atom. The molecule has 1 atom stereocenters. The predicted molar refractivity (Wildman–Crippen MR) is 109 cm³/mol. The van der Waals surface area contributed by atoms with Gasteiger partial charge in [-0.3, -0.25) is 9.79 Å². The molecule has 7 heteroatoms. The maximum absolute atomic E-state index is 11.6. The van der Waals surface area contributed by atoms with E-state index in [0.717, 1.165) is 17.7 Å². The fourth-order valence-corrected chi connectivity index (χ4v) is 2.34. The highest BCUT2D eigenvalue weighted by molar-refractivity contribution is 5.81. The molecule has 0 spiro atoms. The Hall–Kier alpha value is -2.28. The van der Waals surface area contributed by atoms with Crippen molar-refractivity contribution in [2.45, 2.75) is 52.7 Å². The highest BCUT2D eigenvalue weighted by Crippen LogP contribution is 2.20. The summed E-state index contributed by atoms with van der Waals surface area (Å²) in [6, 6.07) is 7.41. The third-order valence-corrected chi connectivity index (χ3v) is 3.60. The molecule has 7 nitrogen and oxygen atoms in total. The van der Waals surface area contributed by atoms with Crippen LogP contribution in [0.2, 0.25) is 0 Å². The van der Waals surface area contributed by atoms with E-state index in [9.17, 15) is 9.90 Å². The molecule has 0 bridgehead atoms. The summed E-state index contributed by atoms with van der Waals surface area (Å²) < 4.78 is 5.66. The van der Waals surface area contributed by atoms with Crippen molar-refractivity contribution in [2.75, 3.05) is 26.2 Å². The van der Waals surface area contributed by atoms with Gasteiger partial charge in [0.15, 0.2) is 5.96 Å². The number of benzene rings is 1. The van der Waals surface area contributed by atoms with Gasteiger partial charge in [0.05, 0.1) is 18.8 Å². The van der Waals surface area contributed by atoms with Crippen LogP contribution < -0.4 is 20.7 Å². The van der Waals surface area contributed by atoms with Crippen LogP contribution in [0.5, 0.6) is 5.75 Å². The van der Waals surface area contributed by atoms with E-state index in [0.29, 0.717) is 32.0 Å². The van der Waals surface area contributed by atoms with Crippen LogP contribution in [0.3, 0.4) is 0 Å². The van der Waals surface area contributed by atoms with Crippen molar-refractivity contribution in [3.8, 4) is 5.75 Å². The number of aliphatic imine (C=N–C) groups is 1. The number of nitrogens with one attached hydrogen (secondary N) is 3. The fraction of sp³-hybridized carbons (Fsp3) is 0.600. The Kier molecular flexibility index (Phi) is 10.9. The first-order valence-corrected chi connectivity index (χ1v) is 9.69. The van der Waals surface area contributed by atoms with Crippen LogP contribution >= 0.6 is 0 Å². The van der Waals surface area contributed by atoms with Gasteiger partial charge in [-0.2, -0.15) is 0 Å². The van der Waals surface area contributed by atoms with Gasteiger partial charge in [-0.25, -0.2) is 0 Å². The maximum Gasteiger partial charge on any atom is 0.221 e. The van der Waals surface area contributed by atoms with Crippen molar-refractivity contribution in [1.82, 2.24) is 16.0 Å². The normalized spacial score (nSPS) is 12.6. The first-order chi connectivity index (χ1) is 13.0. The van der Waals surface area contributed by atoms with Gasteiger partial charge >= 0.3 is 0 Å². The minimum absolute atomic E-state index is 0.0159. The van der Waals surface area contributed by atoms with Crippen molar-refractivity contribution in [3.63, 3.8) is 0 Å². The van der Waals surface area contributed by atoms with Crippen LogP contribution in [0.15, 0.2) is 29.3 Å². The lowest BCUT2D eigenvalue weighted by Crippen LogP contribution is -2.39. The van der Waals surface area contributed by atoms with E-state index >= 15 is 0 Å². The van der Waals surface area contributed by atoms with Crippen LogP contribution in [0.25, 0.3) is 0 Å². The molecule has 0 radical (unpaired) electrons. The van der Waals surface area contributed by atoms with E-state index < -0.39 is 6.10 Å². The molecule has 1 amide bonds. The molecule has 1 rings (SSSR count). The topological polar surface area (TPSA) is 95.0 Å². The molecule has 4 N–H and O–H groups in total. The van der Waals surface area contributed by atoms with E-state index in [1.807, 2.05) is 52.0 Å². The quantitative estimate of drug-likeness (QED) is 0.349. The van der Waals surface area contributed by atoms with E-state index in [1.165, 1.54) is 0 Å². The molecule has 0 aliphatic heterocycles. The number of rotatable bonds is 11. The van der Waals surface area contributed by atoms with Crippen LogP contribution in [0.1, 0.15) is 52.2 Å². The molecule has 1 unspecified atom stereocenters. The Morgan fingerprint density at radius 1 is 1.19 bits per heavy atom. The zero-order valence-electron chi connectivity index (χ0n) is 16.9. The Labute approximate surface area is 162 Å². The fourth-order valence-electron chi connectivity index (χ4n) is 2.34. The summed E-state index contributed by atoms with van der Waals surface area (Å²) in [7, 11) is 0. The molecule has 1 aromatic carbocycles. The summed E-state index contributed by atoms with van der Waals surface area (Å²) in [5.41, 5.74) is 0.756. The summed E-state index contributed by atoms with van der Waals surface area (Å²) in [4.78, 5) is 16.0. The Bertz CT molecular complexity index is 590. The largest absolute Gasteiger partial charge is 0.491 e. The highest BCUT2D eigenvalue weighted by Gasteiger charge is 2.10. The maximum atomic E-state index is 11.6. The van der Waals surface area contributed by atoms with Gasteiger partial charge in [0.25, 0.3) is 0 Å². The number of carbonyl (C=O) groups excluding carboxylic acids is 1. The smallest absolute Gasteiger partial charge is 0.221 e. The molecule has 0 aromatic heterocycles. The molecule has 1 aromatic rings. The lowest BCUT2D eigenvalue weighted by molar-refractivity contribution is -0.120. The lowest BCUT2D eigenvalue weighted by atomic mass is 10.1. The van der Waals surface area contributed by atoms with Gasteiger partial charge in [0, 0.05) is 26.1 Å². The second kappa shape index (κ2) is 13.0. The first-order valence-electron chi connectivity index (χ1n) is 9.69. The van der Waals surface area contributed by atoms with Crippen molar-refractivity contribution < 1.29 is 14.6 Å². The molecule has 0 aliphatic carbocycles. The summed E-state index contributed by atoms with van der Waals surface area (Å²) in [6.45, 7) is 9.99. The Balaban J connectivity index is 2.57. The van der Waals surface area contributed by atoms with Crippen LogP contribution in [-0.2, 0) is 4.79 Å². The van der Waals surface area contributed by atoms with Gasteiger partial charge in [0.1, 0.15) is 5.75 Å². The SMILES string of the molecule is CCCNC(=O)CCNC(=NCC(O)c1cccc(OC(C)C)c1)NCC. The van der Waals surface area contributed by atoms with Gasteiger partial charge in [-0.05, 0) is 44.9 Å². The average molecular weight is 379 g/mol. The highest BCUT2D eigenvalue weighted by atomic mass is 16.5. The number of hydrogen-bond donors (Lipinski definition) is 4. The van der Waals surface area contributed by atoms with E-state index in [4.69, 9.17) is 4.74 Å². The number of carbonyl (C=O) groups is 1. The van der Waals surface area contributed by atoms with Crippen LogP contribution in [0, 0.1) is 0 Å². The number of aliphatic hydroxyl groups excluding tert-OH is 1. The van der Waals surface area contributed by atoms with Gasteiger partial charge in [-0.1, -0.05) is 19.1 Å². The van der Waals surface area contributed by atoms with Crippen LogP contribution in [-0.4, -0.2) is 49.3 Å². The predicted octanol–water partition coefficient (Wildman–Crippen LogP) is 1.98. The van der Waals surface area contributed by atoms with E-state index in [-0.39, 0.29) is 18.6 Å². The van der Waals surface area contributed by atoms with Crippen LogP contribution in [0.4, 0.5) is 0 Å². The number of aliphatic hydroxyl groups is 1. The number of nitrogens with zero attached hydrogens (tertiary/aromatic N) is 1. The number of hydrogen-bond acceptors (Lipinski definition) is 4. The number of guanidine groups is 1. The first kappa shape index (κ1) is 22.8. The second-order valence-electron chi connectivity index (χ2n) is 6.50. The molecule has 152 valence electrons. The number of ether oxygens (including phenoxy) is 1. The minimum atomic E-state index is -0.732. The average Bonchev–Trinajstić information content (AvgIpc) is 2.63. The molecule has 0 saturated carbocycles. The summed E-state index contributed by atoms with van der Waals surface area (Å²) in [5.74, 6) is 1.32. The monoisotopic (exact) mass is 378 g/mol. The summed E-state index contributed by atoms with van der Waals surface area (Å²) >= 11 is 0. The molecule has 0 saturated heterocycles. The Morgan fingerprint density at radius 3 is 2.63 bits per heavy atom. The van der Waals surface area contributed by atoms with Gasteiger partial charge < -0.3 is 25.8 Å². The minimum Gasteiger partial charge on any atom is -0.491 e. The summed E-state index contributed by atoms with van der Waals surface area (Å²) in [6.07, 6.45) is 0.644. The molecule has 0 heterocycles. The molecule has 0 fully saturated rings. The van der Waals surface area contributed by atoms with Crippen molar-refractivity contribution in [2.24, 2.45) is 4.99 Å². The standard InChI is InChI=1S/C20H34N4O3/c1-5-11-22-19(26)10-12-23-20(21-6-2)24-14-18(25)16-8-7-9-17(13-16)27-15(3)4/h7-9,13,15,18,25H,5-6,10-12,14H2,1-4H3,(H,22,26)(H2,21,23,24). The van der Waals surface area contributed by atoms with E-state index in [1.54, 1.807) is 0 Å². The van der Waals surface area contributed by atoms with Crippen molar-refractivity contribution in [1.29, 1.82) is 0 Å². The lowest BCUT2D eigenvalue weighted by Gasteiger charge is -2.15. The van der Waals surface area contributed by atoms with Crippen molar-refractivity contribution >= 4 is 11.9 Å². The zero-order valence-corrected chi connectivity index (χ0v) is 16.9.